The summed E-state index contributed by atoms with van der Waals surface area (Å²) in [6.45, 7) is 3.82. The molecule has 1 atom stereocenters. The van der Waals surface area contributed by atoms with Gasteiger partial charge in [-0.05, 0) is 30.5 Å². The largest absolute Gasteiger partial charge is 0.455 e. The molecular formula is C21H25NO3S. The highest BCUT2D eigenvalue weighted by Crippen LogP contribution is 2.21. The molecule has 2 aromatic carbocycles. The van der Waals surface area contributed by atoms with Gasteiger partial charge in [0.1, 0.15) is 0 Å². The highest BCUT2D eigenvalue weighted by atomic mass is 32.2. The summed E-state index contributed by atoms with van der Waals surface area (Å²) in [5.41, 5.74) is 2.18. The predicted octanol–water partition coefficient (Wildman–Crippen LogP) is 4.29. The Morgan fingerprint density at radius 2 is 1.77 bits per heavy atom. The van der Waals surface area contributed by atoms with Crippen LogP contribution < -0.4 is 5.32 Å². The molecule has 0 fully saturated rings. The number of esters is 1. The van der Waals surface area contributed by atoms with Crippen LogP contribution in [0.3, 0.4) is 0 Å². The number of ether oxygens (including phenoxy) is 1. The van der Waals surface area contributed by atoms with Gasteiger partial charge < -0.3 is 10.1 Å². The molecule has 1 N–H and O–H groups in total. The molecule has 0 aliphatic rings. The van der Waals surface area contributed by atoms with Gasteiger partial charge >= 0.3 is 5.97 Å². The number of carbonyl (C=O) groups excluding carboxylic acids is 2. The summed E-state index contributed by atoms with van der Waals surface area (Å²) in [5, 5.41) is 2.95. The maximum atomic E-state index is 12.1. The number of carbonyl (C=O) groups is 2. The van der Waals surface area contributed by atoms with Gasteiger partial charge in [0, 0.05) is 4.90 Å². The molecule has 138 valence electrons. The lowest BCUT2D eigenvalue weighted by Gasteiger charge is -2.18. The molecule has 0 saturated heterocycles. The van der Waals surface area contributed by atoms with Gasteiger partial charge in [0.05, 0.1) is 11.8 Å². The van der Waals surface area contributed by atoms with Gasteiger partial charge in [-0.15, -0.1) is 11.8 Å². The minimum absolute atomic E-state index is 0.0613. The van der Waals surface area contributed by atoms with Crippen molar-refractivity contribution in [1.29, 1.82) is 0 Å². The molecule has 2 aromatic rings. The van der Waals surface area contributed by atoms with Crippen LogP contribution in [0.1, 0.15) is 36.9 Å². The van der Waals surface area contributed by atoms with Crippen molar-refractivity contribution in [2.75, 3.05) is 12.4 Å². The summed E-state index contributed by atoms with van der Waals surface area (Å²) >= 11 is 1.42. The topological polar surface area (TPSA) is 55.4 Å². The number of thioether (sulfide) groups is 1. The van der Waals surface area contributed by atoms with Crippen LogP contribution in [0.15, 0.2) is 59.5 Å². The summed E-state index contributed by atoms with van der Waals surface area (Å²) in [6.07, 6.45) is 1.79. The molecule has 0 unspecified atom stereocenters. The van der Waals surface area contributed by atoms with Crippen LogP contribution in [-0.2, 0) is 14.3 Å². The average Bonchev–Trinajstić information content (AvgIpc) is 2.66. The number of rotatable bonds is 9. The van der Waals surface area contributed by atoms with E-state index in [1.54, 1.807) is 0 Å². The molecule has 5 heteroatoms. The maximum Gasteiger partial charge on any atom is 0.316 e. The van der Waals surface area contributed by atoms with Crippen LogP contribution in [0, 0.1) is 6.92 Å². The van der Waals surface area contributed by atoms with E-state index < -0.39 is 0 Å². The number of hydrogen-bond acceptors (Lipinski definition) is 4. The minimum atomic E-state index is -0.389. The van der Waals surface area contributed by atoms with Crippen molar-refractivity contribution in [3.63, 3.8) is 0 Å². The van der Waals surface area contributed by atoms with Gasteiger partial charge in [-0.25, -0.2) is 0 Å². The molecule has 26 heavy (non-hydrogen) atoms. The minimum Gasteiger partial charge on any atom is -0.455 e. The predicted molar refractivity (Wildman–Crippen MR) is 105 cm³/mol. The van der Waals surface area contributed by atoms with Gasteiger partial charge in [-0.1, -0.05) is 61.9 Å². The van der Waals surface area contributed by atoms with E-state index in [1.165, 1.54) is 11.8 Å². The Labute approximate surface area is 159 Å². The van der Waals surface area contributed by atoms with Crippen molar-refractivity contribution in [2.45, 2.75) is 37.6 Å². The molecule has 0 heterocycles. The van der Waals surface area contributed by atoms with Crippen LogP contribution in [0.2, 0.25) is 0 Å². The summed E-state index contributed by atoms with van der Waals surface area (Å²) in [4.78, 5) is 25.1. The van der Waals surface area contributed by atoms with Crippen LogP contribution in [0.5, 0.6) is 0 Å². The van der Waals surface area contributed by atoms with E-state index in [0.29, 0.717) is 0 Å². The van der Waals surface area contributed by atoms with E-state index in [4.69, 9.17) is 4.74 Å². The van der Waals surface area contributed by atoms with E-state index in [-0.39, 0.29) is 30.3 Å². The number of benzene rings is 2. The zero-order chi connectivity index (χ0) is 18.8. The molecular weight excluding hydrogens is 346 g/mol. The summed E-state index contributed by atoms with van der Waals surface area (Å²) < 4.78 is 5.11. The van der Waals surface area contributed by atoms with Crippen molar-refractivity contribution >= 4 is 23.6 Å². The summed E-state index contributed by atoms with van der Waals surface area (Å²) in [5.74, 6) is -0.475. The second-order valence-electron chi connectivity index (χ2n) is 6.03. The average molecular weight is 372 g/mol. The second kappa shape index (κ2) is 10.7. The Balaban J connectivity index is 1.78. The Kier molecular flexibility index (Phi) is 8.22. The lowest BCUT2D eigenvalue weighted by Crippen LogP contribution is -2.32. The molecule has 4 nitrogen and oxygen atoms in total. The fourth-order valence-electron chi connectivity index (χ4n) is 2.57. The number of nitrogens with one attached hydrogen (secondary N) is 1. The molecule has 0 aliphatic heterocycles. The molecule has 0 spiro atoms. The molecule has 0 bridgehead atoms. The normalized spacial score (nSPS) is 11.6. The third kappa shape index (κ3) is 6.56. The van der Waals surface area contributed by atoms with E-state index in [1.807, 2.05) is 61.5 Å². The van der Waals surface area contributed by atoms with E-state index in [9.17, 15) is 9.59 Å². The first-order valence-electron chi connectivity index (χ1n) is 8.78. The molecule has 0 aliphatic carbocycles. The quantitative estimate of drug-likeness (QED) is 0.528. The third-order valence-corrected chi connectivity index (χ3v) is 5.07. The lowest BCUT2D eigenvalue weighted by atomic mass is 10.0. The SMILES string of the molecule is CCC[C@H](NC(=O)COC(=O)CSc1ccccc1C)c1ccccc1. The van der Waals surface area contributed by atoms with Crippen molar-refractivity contribution in [3.8, 4) is 0 Å². The Hall–Kier alpha value is -2.27. The third-order valence-electron chi connectivity index (χ3n) is 3.92. The first-order valence-corrected chi connectivity index (χ1v) is 9.77. The zero-order valence-corrected chi connectivity index (χ0v) is 16.1. The first kappa shape index (κ1) is 20.0. The summed E-state index contributed by atoms with van der Waals surface area (Å²) in [6, 6.07) is 17.6. The number of hydrogen-bond donors (Lipinski definition) is 1. The van der Waals surface area contributed by atoms with Gasteiger partial charge in [0.25, 0.3) is 5.91 Å². The zero-order valence-electron chi connectivity index (χ0n) is 15.2. The Morgan fingerprint density at radius 1 is 1.08 bits per heavy atom. The van der Waals surface area contributed by atoms with E-state index in [2.05, 4.69) is 12.2 Å². The Bertz CT molecular complexity index is 718. The first-order chi connectivity index (χ1) is 12.6. The van der Waals surface area contributed by atoms with E-state index in [0.717, 1.165) is 28.9 Å². The van der Waals surface area contributed by atoms with Gasteiger partial charge in [-0.3, -0.25) is 9.59 Å². The number of amides is 1. The lowest BCUT2D eigenvalue weighted by molar-refractivity contribution is -0.146. The van der Waals surface area contributed by atoms with Crippen LogP contribution in [-0.4, -0.2) is 24.2 Å². The Morgan fingerprint density at radius 3 is 2.46 bits per heavy atom. The van der Waals surface area contributed by atoms with Crippen LogP contribution in [0.4, 0.5) is 0 Å². The second-order valence-corrected chi connectivity index (χ2v) is 7.05. The van der Waals surface area contributed by atoms with Crippen LogP contribution in [0.25, 0.3) is 0 Å². The standard InChI is InChI=1S/C21H25NO3S/c1-3-9-18(17-11-5-4-6-12-17)22-20(23)14-25-21(24)15-26-19-13-8-7-10-16(19)2/h4-8,10-13,18H,3,9,14-15H2,1-2H3,(H,22,23)/t18-/m0/s1. The fraction of sp³-hybridized carbons (Fsp3) is 0.333. The van der Waals surface area contributed by atoms with E-state index >= 15 is 0 Å². The summed E-state index contributed by atoms with van der Waals surface area (Å²) in [7, 11) is 0. The van der Waals surface area contributed by atoms with Gasteiger partial charge in [0.15, 0.2) is 6.61 Å². The molecule has 0 saturated carbocycles. The smallest absolute Gasteiger partial charge is 0.316 e. The number of aryl methyl sites for hydroxylation is 1. The van der Waals surface area contributed by atoms with Gasteiger partial charge in [-0.2, -0.15) is 0 Å². The molecule has 0 aromatic heterocycles. The fourth-order valence-corrected chi connectivity index (χ4v) is 3.40. The van der Waals surface area contributed by atoms with Gasteiger partial charge in [0.2, 0.25) is 0 Å². The van der Waals surface area contributed by atoms with Crippen LogP contribution >= 0.6 is 11.8 Å². The highest BCUT2D eigenvalue weighted by Gasteiger charge is 2.15. The highest BCUT2D eigenvalue weighted by molar-refractivity contribution is 8.00. The molecule has 0 radical (unpaired) electrons. The monoisotopic (exact) mass is 371 g/mol. The van der Waals surface area contributed by atoms with Crippen molar-refractivity contribution < 1.29 is 14.3 Å². The van der Waals surface area contributed by atoms with Crippen molar-refractivity contribution in [2.24, 2.45) is 0 Å². The maximum absolute atomic E-state index is 12.1. The molecule has 1 amide bonds. The molecule has 2 rings (SSSR count). The van der Waals surface area contributed by atoms with Crippen molar-refractivity contribution in [3.05, 3.63) is 65.7 Å². The van der Waals surface area contributed by atoms with Crippen molar-refractivity contribution in [1.82, 2.24) is 5.32 Å².